The van der Waals surface area contributed by atoms with Crippen LogP contribution in [0, 0.1) is 0 Å². The summed E-state index contributed by atoms with van der Waals surface area (Å²) in [5, 5.41) is 6.30. The predicted molar refractivity (Wildman–Crippen MR) is 73.6 cm³/mol. The Morgan fingerprint density at radius 2 is 2.22 bits per heavy atom. The predicted octanol–water partition coefficient (Wildman–Crippen LogP) is 1.60. The molecular formula is C13H19ClN2O2. The lowest BCUT2D eigenvalue weighted by Crippen LogP contribution is -2.45. The highest BCUT2D eigenvalue weighted by Gasteiger charge is 2.18. The van der Waals surface area contributed by atoms with Crippen molar-refractivity contribution >= 4 is 18.3 Å². The van der Waals surface area contributed by atoms with Gasteiger partial charge in [-0.15, -0.1) is 12.4 Å². The summed E-state index contributed by atoms with van der Waals surface area (Å²) in [5.74, 6) is 0.560. The molecular weight excluding hydrogens is 252 g/mol. The van der Waals surface area contributed by atoms with Crippen LogP contribution in [0.25, 0.3) is 0 Å². The smallest absolute Gasteiger partial charge is 0.255 e. The number of amides is 1. The van der Waals surface area contributed by atoms with Crippen molar-refractivity contribution in [1.29, 1.82) is 0 Å². The molecule has 0 radical (unpaired) electrons. The van der Waals surface area contributed by atoms with Crippen molar-refractivity contribution in [2.75, 3.05) is 20.2 Å². The summed E-state index contributed by atoms with van der Waals surface area (Å²) in [6.45, 7) is 1.89. The first-order valence-corrected chi connectivity index (χ1v) is 5.96. The van der Waals surface area contributed by atoms with E-state index in [0.29, 0.717) is 11.3 Å². The molecule has 4 nitrogen and oxygen atoms in total. The number of carbonyl (C=O) groups excluding carboxylic acids is 1. The third-order valence-electron chi connectivity index (χ3n) is 2.98. The van der Waals surface area contributed by atoms with Gasteiger partial charge < -0.3 is 15.4 Å². The zero-order chi connectivity index (χ0) is 12.1. The molecule has 5 heteroatoms. The zero-order valence-corrected chi connectivity index (χ0v) is 11.3. The SMILES string of the molecule is COc1ccccc1C(=O)NC1CCCNC1.Cl. The summed E-state index contributed by atoms with van der Waals surface area (Å²) in [6.07, 6.45) is 2.14. The molecule has 1 aromatic rings. The molecule has 100 valence electrons. The average Bonchev–Trinajstić information content (AvgIpc) is 2.40. The Balaban J connectivity index is 0.00000162. The third kappa shape index (κ3) is 3.62. The number of carbonyl (C=O) groups is 1. The van der Waals surface area contributed by atoms with Crippen LogP contribution in [0.15, 0.2) is 24.3 Å². The highest BCUT2D eigenvalue weighted by atomic mass is 35.5. The first-order valence-electron chi connectivity index (χ1n) is 5.96. The third-order valence-corrected chi connectivity index (χ3v) is 2.98. The van der Waals surface area contributed by atoms with Gasteiger partial charge in [0.05, 0.1) is 12.7 Å². The lowest BCUT2D eigenvalue weighted by molar-refractivity contribution is 0.0927. The van der Waals surface area contributed by atoms with Crippen LogP contribution >= 0.6 is 12.4 Å². The Kier molecular flexibility index (Phi) is 5.95. The van der Waals surface area contributed by atoms with Crippen LogP contribution in [0.5, 0.6) is 5.75 Å². The molecule has 0 bridgehead atoms. The number of benzene rings is 1. The second-order valence-corrected chi connectivity index (χ2v) is 4.22. The quantitative estimate of drug-likeness (QED) is 0.877. The van der Waals surface area contributed by atoms with Crippen molar-refractivity contribution in [3.63, 3.8) is 0 Å². The van der Waals surface area contributed by atoms with Crippen molar-refractivity contribution in [2.24, 2.45) is 0 Å². The summed E-state index contributed by atoms with van der Waals surface area (Å²) < 4.78 is 5.18. The van der Waals surface area contributed by atoms with E-state index in [1.165, 1.54) is 0 Å². The number of ether oxygens (including phenoxy) is 1. The van der Waals surface area contributed by atoms with Crippen LogP contribution < -0.4 is 15.4 Å². The molecule has 1 aliphatic rings. The van der Waals surface area contributed by atoms with Crippen LogP contribution in [-0.4, -0.2) is 32.1 Å². The van der Waals surface area contributed by atoms with Gasteiger partial charge in [0, 0.05) is 12.6 Å². The molecule has 1 atom stereocenters. The summed E-state index contributed by atoms with van der Waals surface area (Å²) in [7, 11) is 1.58. The van der Waals surface area contributed by atoms with Crippen molar-refractivity contribution in [3.05, 3.63) is 29.8 Å². The lowest BCUT2D eigenvalue weighted by atomic mass is 10.1. The fourth-order valence-electron chi connectivity index (χ4n) is 2.07. The molecule has 1 saturated heterocycles. The normalized spacial score (nSPS) is 18.6. The Bertz CT molecular complexity index is 392. The maximum atomic E-state index is 12.1. The Morgan fingerprint density at radius 1 is 1.44 bits per heavy atom. The maximum Gasteiger partial charge on any atom is 0.255 e. The monoisotopic (exact) mass is 270 g/mol. The van der Waals surface area contributed by atoms with E-state index in [9.17, 15) is 4.79 Å². The molecule has 1 amide bonds. The second kappa shape index (κ2) is 7.24. The largest absolute Gasteiger partial charge is 0.496 e. The van der Waals surface area contributed by atoms with Gasteiger partial charge in [0.2, 0.25) is 0 Å². The summed E-state index contributed by atoms with van der Waals surface area (Å²) in [5.41, 5.74) is 0.598. The summed E-state index contributed by atoms with van der Waals surface area (Å²) in [4.78, 5) is 12.1. The Hall–Kier alpha value is -1.26. The molecule has 0 saturated carbocycles. The number of rotatable bonds is 3. The Morgan fingerprint density at radius 3 is 2.89 bits per heavy atom. The molecule has 0 spiro atoms. The molecule has 1 unspecified atom stereocenters. The van der Waals surface area contributed by atoms with Crippen LogP contribution in [-0.2, 0) is 0 Å². The van der Waals surface area contributed by atoms with E-state index in [0.717, 1.165) is 25.9 Å². The molecule has 1 aliphatic heterocycles. The van der Waals surface area contributed by atoms with Crippen molar-refractivity contribution < 1.29 is 9.53 Å². The molecule has 2 N–H and O–H groups in total. The first kappa shape index (κ1) is 14.8. The molecule has 1 fully saturated rings. The topological polar surface area (TPSA) is 50.4 Å². The second-order valence-electron chi connectivity index (χ2n) is 4.22. The van der Waals surface area contributed by atoms with Crippen LogP contribution in [0.1, 0.15) is 23.2 Å². The highest BCUT2D eigenvalue weighted by molar-refractivity contribution is 5.97. The number of hydrogen-bond acceptors (Lipinski definition) is 3. The lowest BCUT2D eigenvalue weighted by Gasteiger charge is -2.24. The van der Waals surface area contributed by atoms with E-state index < -0.39 is 0 Å². The van der Waals surface area contributed by atoms with E-state index in [1.807, 2.05) is 12.1 Å². The number of nitrogens with one attached hydrogen (secondary N) is 2. The summed E-state index contributed by atoms with van der Waals surface area (Å²) >= 11 is 0. The minimum Gasteiger partial charge on any atom is -0.496 e. The van der Waals surface area contributed by atoms with Crippen molar-refractivity contribution in [3.8, 4) is 5.75 Å². The fraction of sp³-hybridized carbons (Fsp3) is 0.462. The van der Waals surface area contributed by atoms with Gasteiger partial charge in [-0.3, -0.25) is 4.79 Å². The van der Waals surface area contributed by atoms with E-state index in [1.54, 1.807) is 19.2 Å². The van der Waals surface area contributed by atoms with E-state index in [4.69, 9.17) is 4.74 Å². The molecule has 2 rings (SSSR count). The number of methoxy groups -OCH3 is 1. The minimum absolute atomic E-state index is 0. The molecule has 1 heterocycles. The number of halogens is 1. The molecule has 0 aromatic heterocycles. The van der Waals surface area contributed by atoms with Crippen molar-refractivity contribution in [1.82, 2.24) is 10.6 Å². The number of para-hydroxylation sites is 1. The van der Waals surface area contributed by atoms with Gasteiger partial charge in [-0.1, -0.05) is 12.1 Å². The van der Waals surface area contributed by atoms with Crippen LogP contribution in [0.3, 0.4) is 0 Å². The molecule has 1 aromatic carbocycles. The van der Waals surface area contributed by atoms with E-state index >= 15 is 0 Å². The molecule has 0 aliphatic carbocycles. The van der Waals surface area contributed by atoms with Gasteiger partial charge in [0.1, 0.15) is 5.75 Å². The summed E-state index contributed by atoms with van der Waals surface area (Å²) in [6, 6.07) is 7.51. The maximum absolute atomic E-state index is 12.1. The molecule has 18 heavy (non-hydrogen) atoms. The van der Waals surface area contributed by atoms with E-state index in [2.05, 4.69) is 10.6 Å². The minimum atomic E-state index is -0.0591. The van der Waals surface area contributed by atoms with Crippen LogP contribution in [0.4, 0.5) is 0 Å². The highest BCUT2D eigenvalue weighted by Crippen LogP contribution is 2.17. The standard InChI is InChI=1S/C13H18N2O2.ClH/c1-17-12-7-3-2-6-11(12)13(16)15-10-5-4-8-14-9-10;/h2-3,6-7,10,14H,4-5,8-9H2,1H3,(H,15,16);1H. The first-order chi connectivity index (χ1) is 8.31. The number of hydrogen-bond donors (Lipinski definition) is 2. The Labute approximate surface area is 114 Å². The van der Waals surface area contributed by atoms with Gasteiger partial charge in [0.25, 0.3) is 5.91 Å². The van der Waals surface area contributed by atoms with Gasteiger partial charge in [0.15, 0.2) is 0 Å². The van der Waals surface area contributed by atoms with Gasteiger partial charge in [-0.05, 0) is 31.5 Å². The van der Waals surface area contributed by atoms with E-state index in [-0.39, 0.29) is 24.4 Å². The zero-order valence-electron chi connectivity index (χ0n) is 10.4. The van der Waals surface area contributed by atoms with Crippen LogP contribution in [0.2, 0.25) is 0 Å². The fourth-order valence-corrected chi connectivity index (χ4v) is 2.07. The van der Waals surface area contributed by atoms with Crippen molar-refractivity contribution in [2.45, 2.75) is 18.9 Å². The number of piperidine rings is 1. The van der Waals surface area contributed by atoms with Gasteiger partial charge >= 0.3 is 0 Å². The van der Waals surface area contributed by atoms with Gasteiger partial charge in [-0.2, -0.15) is 0 Å². The average molecular weight is 271 g/mol. The van der Waals surface area contributed by atoms with Gasteiger partial charge in [-0.25, -0.2) is 0 Å².